The van der Waals surface area contributed by atoms with E-state index in [2.05, 4.69) is 51.5 Å². The van der Waals surface area contributed by atoms with Crippen molar-refractivity contribution < 1.29 is 0 Å². The maximum Gasteiger partial charge on any atom is 0.0277 e. The van der Waals surface area contributed by atoms with Gasteiger partial charge in [-0.15, -0.1) is 0 Å². The van der Waals surface area contributed by atoms with E-state index in [1.165, 1.54) is 19.6 Å². The van der Waals surface area contributed by atoms with Crippen LogP contribution in [0.25, 0.3) is 0 Å². The van der Waals surface area contributed by atoms with Gasteiger partial charge in [-0.05, 0) is 41.7 Å². The molecule has 0 unspecified atom stereocenters. The van der Waals surface area contributed by atoms with E-state index in [-0.39, 0.29) is 0 Å². The Kier molecular flexibility index (Phi) is 2.75. The lowest BCUT2D eigenvalue weighted by molar-refractivity contribution is -0.00542. The number of rotatable bonds is 0. The van der Waals surface area contributed by atoms with Crippen molar-refractivity contribution in [3.63, 3.8) is 0 Å². The zero-order valence-electron chi connectivity index (χ0n) is 10.0. The number of likely N-dealkylation sites (N-methyl/N-ethyl adjacent to an activating group) is 1. The van der Waals surface area contributed by atoms with Crippen LogP contribution < -0.4 is 0 Å². The van der Waals surface area contributed by atoms with Crippen LogP contribution in [0.3, 0.4) is 0 Å². The van der Waals surface area contributed by atoms with Gasteiger partial charge in [-0.25, -0.2) is 0 Å². The van der Waals surface area contributed by atoms with Crippen LogP contribution in [0.15, 0.2) is 0 Å². The summed E-state index contributed by atoms with van der Waals surface area (Å²) in [5, 5.41) is 0. The molecule has 2 nitrogen and oxygen atoms in total. The predicted octanol–water partition coefficient (Wildman–Crippen LogP) is 1.81. The lowest BCUT2D eigenvalue weighted by Crippen LogP contribution is -2.61. The fourth-order valence-corrected chi connectivity index (χ4v) is 1.81. The molecule has 1 aliphatic rings. The van der Waals surface area contributed by atoms with Crippen LogP contribution in [-0.2, 0) is 0 Å². The molecule has 0 aromatic rings. The molecule has 1 aliphatic heterocycles. The van der Waals surface area contributed by atoms with Crippen molar-refractivity contribution in [3.8, 4) is 0 Å². The monoisotopic (exact) mass is 184 g/mol. The van der Waals surface area contributed by atoms with Gasteiger partial charge in [0.25, 0.3) is 0 Å². The second-order valence-corrected chi connectivity index (χ2v) is 5.83. The molecule has 0 spiro atoms. The summed E-state index contributed by atoms with van der Waals surface area (Å²) in [7, 11) is 2.22. The first kappa shape index (κ1) is 11.0. The third kappa shape index (κ3) is 2.44. The Balaban J connectivity index is 2.66. The highest BCUT2D eigenvalue weighted by Gasteiger charge is 2.35. The summed E-state index contributed by atoms with van der Waals surface area (Å²) >= 11 is 0. The molecule has 1 rings (SSSR count). The number of hydrogen-bond acceptors (Lipinski definition) is 2. The normalized spacial score (nSPS) is 26.3. The number of nitrogens with zero attached hydrogens (tertiary/aromatic N) is 2. The lowest BCUT2D eigenvalue weighted by Gasteiger charge is -2.50. The van der Waals surface area contributed by atoms with Gasteiger partial charge in [0.05, 0.1) is 0 Å². The molecule has 13 heavy (non-hydrogen) atoms. The Labute approximate surface area is 82.9 Å². The van der Waals surface area contributed by atoms with Gasteiger partial charge in [0.2, 0.25) is 0 Å². The van der Waals surface area contributed by atoms with Crippen LogP contribution in [0, 0.1) is 0 Å². The molecule has 0 N–H and O–H groups in total. The first-order chi connectivity index (χ1) is 5.73. The van der Waals surface area contributed by atoms with Gasteiger partial charge < -0.3 is 0 Å². The topological polar surface area (TPSA) is 6.48 Å². The molecule has 2 heteroatoms. The summed E-state index contributed by atoms with van der Waals surface area (Å²) in [6.45, 7) is 15.1. The van der Waals surface area contributed by atoms with Gasteiger partial charge in [0.15, 0.2) is 0 Å². The smallest absolute Gasteiger partial charge is 0.0277 e. The highest BCUT2D eigenvalue weighted by Crippen LogP contribution is 2.24. The van der Waals surface area contributed by atoms with Crippen molar-refractivity contribution in [1.29, 1.82) is 0 Å². The van der Waals surface area contributed by atoms with E-state index in [0.29, 0.717) is 11.1 Å². The molecule has 0 amide bonds. The number of piperazine rings is 1. The van der Waals surface area contributed by atoms with Crippen molar-refractivity contribution in [2.75, 3.05) is 26.7 Å². The molecule has 0 bridgehead atoms. The predicted molar refractivity (Wildman–Crippen MR) is 58.0 cm³/mol. The average Bonchev–Trinajstić information content (AvgIpc) is 1.92. The van der Waals surface area contributed by atoms with Crippen molar-refractivity contribution >= 4 is 0 Å². The molecule has 78 valence electrons. The van der Waals surface area contributed by atoms with Crippen LogP contribution in [0.1, 0.15) is 34.6 Å². The van der Waals surface area contributed by atoms with Gasteiger partial charge in [-0.3, -0.25) is 9.80 Å². The number of hydrogen-bond donors (Lipinski definition) is 0. The minimum absolute atomic E-state index is 0.318. The van der Waals surface area contributed by atoms with Crippen LogP contribution in [-0.4, -0.2) is 47.6 Å². The molecular weight excluding hydrogens is 160 g/mol. The molecular formula is C11H24N2. The molecule has 0 atom stereocenters. The second kappa shape index (κ2) is 3.25. The molecule has 0 aromatic carbocycles. The standard InChI is InChI=1S/C11H24N2/c1-10(2,3)13-8-7-12(6)11(4,5)9-13/h7-9H2,1-6H3. The highest BCUT2D eigenvalue weighted by atomic mass is 15.3. The Bertz CT molecular complexity index is 179. The van der Waals surface area contributed by atoms with Crippen molar-refractivity contribution in [3.05, 3.63) is 0 Å². The Hall–Kier alpha value is -0.0800. The van der Waals surface area contributed by atoms with Gasteiger partial charge in [-0.1, -0.05) is 0 Å². The summed E-state index contributed by atoms with van der Waals surface area (Å²) in [5.74, 6) is 0. The Morgan fingerprint density at radius 3 is 2.00 bits per heavy atom. The summed E-state index contributed by atoms with van der Waals surface area (Å²) in [6.07, 6.45) is 0. The SMILES string of the molecule is CN1CCN(C(C)(C)C)CC1(C)C. The van der Waals surface area contributed by atoms with E-state index in [1.807, 2.05) is 0 Å². The van der Waals surface area contributed by atoms with E-state index >= 15 is 0 Å². The lowest BCUT2D eigenvalue weighted by atomic mass is 9.95. The largest absolute Gasteiger partial charge is 0.299 e. The van der Waals surface area contributed by atoms with E-state index < -0.39 is 0 Å². The van der Waals surface area contributed by atoms with Crippen LogP contribution >= 0.6 is 0 Å². The third-order valence-electron chi connectivity index (χ3n) is 3.27. The van der Waals surface area contributed by atoms with Gasteiger partial charge >= 0.3 is 0 Å². The summed E-state index contributed by atoms with van der Waals surface area (Å²) in [6, 6.07) is 0. The quantitative estimate of drug-likeness (QED) is 0.566. The second-order valence-electron chi connectivity index (χ2n) is 5.83. The molecule has 1 fully saturated rings. The van der Waals surface area contributed by atoms with Gasteiger partial charge in [0.1, 0.15) is 0 Å². The summed E-state index contributed by atoms with van der Waals surface area (Å²) in [4.78, 5) is 5.03. The summed E-state index contributed by atoms with van der Waals surface area (Å²) in [5.41, 5.74) is 0.643. The van der Waals surface area contributed by atoms with E-state index in [4.69, 9.17) is 0 Å². The van der Waals surface area contributed by atoms with Gasteiger partial charge in [0, 0.05) is 30.7 Å². The molecule has 1 heterocycles. The minimum Gasteiger partial charge on any atom is -0.299 e. The van der Waals surface area contributed by atoms with Crippen LogP contribution in [0.4, 0.5) is 0 Å². The maximum absolute atomic E-state index is 2.58. The zero-order chi connectivity index (χ0) is 10.3. The molecule has 0 aliphatic carbocycles. The van der Waals surface area contributed by atoms with E-state index in [9.17, 15) is 0 Å². The fraction of sp³-hybridized carbons (Fsp3) is 1.00. The van der Waals surface area contributed by atoms with E-state index in [0.717, 1.165) is 0 Å². The molecule has 0 aromatic heterocycles. The fourth-order valence-electron chi connectivity index (χ4n) is 1.81. The Morgan fingerprint density at radius 1 is 1.08 bits per heavy atom. The van der Waals surface area contributed by atoms with Gasteiger partial charge in [-0.2, -0.15) is 0 Å². The van der Waals surface area contributed by atoms with Crippen LogP contribution in [0.5, 0.6) is 0 Å². The molecule has 0 saturated carbocycles. The van der Waals surface area contributed by atoms with Crippen molar-refractivity contribution in [2.45, 2.75) is 45.7 Å². The average molecular weight is 184 g/mol. The van der Waals surface area contributed by atoms with Crippen molar-refractivity contribution in [2.24, 2.45) is 0 Å². The highest BCUT2D eigenvalue weighted by molar-refractivity contribution is 4.92. The Morgan fingerprint density at radius 2 is 1.62 bits per heavy atom. The van der Waals surface area contributed by atoms with Crippen molar-refractivity contribution in [1.82, 2.24) is 9.80 Å². The summed E-state index contributed by atoms with van der Waals surface area (Å²) < 4.78 is 0. The maximum atomic E-state index is 2.58. The minimum atomic E-state index is 0.318. The molecule has 1 saturated heterocycles. The molecule has 0 radical (unpaired) electrons. The first-order valence-electron chi connectivity index (χ1n) is 5.20. The van der Waals surface area contributed by atoms with Crippen LogP contribution in [0.2, 0.25) is 0 Å². The third-order valence-corrected chi connectivity index (χ3v) is 3.27. The van der Waals surface area contributed by atoms with E-state index in [1.54, 1.807) is 0 Å². The first-order valence-corrected chi connectivity index (χ1v) is 5.20. The zero-order valence-corrected chi connectivity index (χ0v) is 10.0.